The highest BCUT2D eigenvalue weighted by atomic mass is 35.5. The Morgan fingerprint density at radius 3 is 2.91 bits per heavy atom. The van der Waals surface area contributed by atoms with E-state index in [0.717, 1.165) is 43.5 Å². The summed E-state index contributed by atoms with van der Waals surface area (Å²) in [4.78, 5) is 18.7. The molecule has 2 aliphatic rings. The number of carbonyl (C=O) groups excluding carboxylic acids is 1. The first kappa shape index (κ1) is 16.3. The molecule has 0 radical (unpaired) electrons. The Bertz CT molecular complexity index is 649. The number of amides is 1. The highest BCUT2D eigenvalue weighted by Crippen LogP contribution is 2.38. The third-order valence-corrected chi connectivity index (χ3v) is 4.46. The molecule has 2 heterocycles. The molecule has 0 aliphatic carbocycles. The summed E-state index contributed by atoms with van der Waals surface area (Å²) in [6, 6.07) is 4.01. The molecule has 23 heavy (non-hydrogen) atoms. The number of carbonyl (C=O) groups is 1. The highest BCUT2D eigenvalue weighted by Gasteiger charge is 2.35. The molecule has 124 valence electrons. The molecule has 1 amide bonds. The van der Waals surface area contributed by atoms with Crippen LogP contribution >= 0.6 is 11.6 Å². The summed E-state index contributed by atoms with van der Waals surface area (Å²) in [5, 5.41) is 0.697. The maximum Gasteiger partial charge on any atom is 0.410 e. The van der Waals surface area contributed by atoms with Crippen LogP contribution < -0.4 is 0 Å². The van der Waals surface area contributed by atoms with Crippen molar-refractivity contribution in [1.82, 2.24) is 4.90 Å². The summed E-state index contributed by atoms with van der Waals surface area (Å²) in [5.74, 6) is 0. The summed E-state index contributed by atoms with van der Waals surface area (Å²) < 4.78 is 5.58. The number of nitrogens with zero attached hydrogens (tertiary/aromatic N) is 2. The molecular weight excluding hydrogens is 312 g/mol. The van der Waals surface area contributed by atoms with Crippen molar-refractivity contribution in [2.45, 2.75) is 51.7 Å². The average molecular weight is 335 g/mol. The van der Waals surface area contributed by atoms with Crippen LogP contribution in [0.3, 0.4) is 0 Å². The number of fused-ring (bicyclic) bond motifs is 1. The van der Waals surface area contributed by atoms with E-state index in [1.165, 1.54) is 5.56 Å². The van der Waals surface area contributed by atoms with Crippen LogP contribution in [0, 0.1) is 0 Å². The molecule has 4 nitrogen and oxygen atoms in total. The molecule has 0 N–H and O–H groups in total. The molecule has 1 aromatic rings. The molecule has 1 fully saturated rings. The van der Waals surface area contributed by atoms with Gasteiger partial charge in [0.15, 0.2) is 0 Å². The minimum absolute atomic E-state index is 0.0452. The topological polar surface area (TPSA) is 41.9 Å². The van der Waals surface area contributed by atoms with Gasteiger partial charge in [0.1, 0.15) is 5.60 Å². The van der Waals surface area contributed by atoms with Crippen molar-refractivity contribution in [3.05, 3.63) is 33.8 Å². The minimum atomic E-state index is -0.482. The molecule has 1 aromatic carbocycles. The second-order valence-corrected chi connectivity index (χ2v) is 7.62. The molecule has 5 heteroatoms. The maximum atomic E-state index is 12.5. The van der Waals surface area contributed by atoms with Crippen molar-refractivity contribution in [3.63, 3.8) is 0 Å². The van der Waals surface area contributed by atoms with Gasteiger partial charge < -0.3 is 9.64 Å². The quantitative estimate of drug-likeness (QED) is 0.764. The van der Waals surface area contributed by atoms with Crippen LogP contribution in [0.15, 0.2) is 17.1 Å². The number of rotatable bonds is 1. The van der Waals surface area contributed by atoms with Crippen molar-refractivity contribution < 1.29 is 9.53 Å². The summed E-state index contributed by atoms with van der Waals surface area (Å²) in [7, 11) is 0. The van der Waals surface area contributed by atoms with E-state index in [0.29, 0.717) is 5.02 Å². The third-order valence-electron chi connectivity index (χ3n) is 4.24. The Hall–Kier alpha value is -1.55. The molecule has 0 saturated carbocycles. The fraction of sp³-hybridized carbons (Fsp3) is 0.556. The van der Waals surface area contributed by atoms with Gasteiger partial charge in [-0.2, -0.15) is 0 Å². The van der Waals surface area contributed by atoms with Gasteiger partial charge in [-0.05, 0) is 68.9 Å². The van der Waals surface area contributed by atoms with Gasteiger partial charge in [-0.25, -0.2) is 4.79 Å². The van der Waals surface area contributed by atoms with E-state index in [1.54, 1.807) is 0 Å². The molecule has 0 bridgehead atoms. The molecule has 0 aromatic heterocycles. The van der Waals surface area contributed by atoms with Crippen LogP contribution in [-0.2, 0) is 11.2 Å². The molecule has 2 aliphatic heterocycles. The van der Waals surface area contributed by atoms with Gasteiger partial charge in [-0.1, -0.05) is 11.6 Å². The fourth-order valence-electron chi connectivity index (χ4n) is 3.35. The Morgan fingerprint density at radius 1 is 1.39 bits per heavy atom. The molecular formula is C18H23ClN2O2. The third kappa shape index (κ3) is 3.52. The van der Waals surface area contributed by atoms with E-state index in [-0.39, 0.29) is 12.1 Å². The van der Waals surface area contributed by atoms with Crippen molar-refractivity contribution in [1.29, 1.82) is 0 Å². The normalized spacial score (nSPS) is 20.5. The van der Waals surface area contributed by atoms with Gasteiger partial charge in [0.25, 0.3) is 0 Å². The molecule has 0 spiro atoms. The van der Waals surface area contributed by atoms with E-state index in [1.807, 2.05) is 44.0 Å². The van der Waals surface area contributed by atoms with Crippen LogP contribution in [0.25, 0.3) is 0 Å². The molecule has 1 atom stereocenters. The Kier molecular flexibility index (Phi) is 4.37. The lowest BCUT2D eigenvalue weighted by molar-refractivity contribution is 0.0224. The lowest BCUT2D eigenvalue weighted by Crippen LogP contribution is -2.36. The molecule has 1 saturated heterocycles. The van der Waals surface area contributed by atoms with Crippen molar-refractivity contribution in [2.75, 3.05) is 13.1 Å². The van der Waals surface area contributed by atoms with Crippen LogP contribution in [-0.4, -0.2) is 35.9 Å². The van der Waals surface area contributed by atoms with Gasteiger partial charge in [0.2, 0.25) is 0 Å². The molecule has 0 unspecified atom stereocenters. The Morgan fingerprint density at radius 2 is 2.17 bits per heavy atom. The zero-order valence-electron chi connectivity index (χ0n) is 13.9. The van der Waals surface area contributed by atoms with Gasteiger partial charge in [0.05, 0.1) is 6.04 Å². The average Bonchev–Trinajstić information content (AvgIpc) is 2.93. The zero-order chi connectivity index (χ0) is 16.6. The predicted molar refractivity (Wildman–Crippen MR) is 92.5 cm³/mol. The molecule has 3 rings (SSSR count). The smallest absolute Gasteiger partial charge is 0.410 e. The van der Waals surface area contributed by atoms with E-state index < -0.39 is 5.60 Å². The monoisotopic (exact) mass is 334 g/mol. The largest absolute Gasteiger partial charge is 0.444 e. The lowest BCUT2D eigenvalue weighted by atomic mass is 9.91. The first-order chi connectivity index (χ1) is 10.8. The van der Waals surface area contributed by atoms with E-state index in [9.17, 15) is 4.79 Å². The van der Waals surface area contributed by atoms with Crippen molar-refractivity contribution in [2.24, 2.45) is 4.99 Å². The zero-order valence-corrected chi connectivity index (χ0v) is 14.7. The van der Waals surface area contributed by atoms with Gasteiger partial charge >= 0.3 is 6.09 Å². The summed E-state index contributed by atoms with van der Waals surface area (Å²) in [6.07, 6.45) is 4.48. The summed E-state index contributed by atoms with van der Waals surface area (Å²) >= 11 is 6.30. The number of benzene rings is 1. The second-order valence-electron chi connectivity index (χ2n) is 7.18. The van der Waals surface area contributed by atoms with Crippen LogP contribution in [0.4, 0.5) is 4.79 Å². The predicted octanol–water partition coefficient (Wildman–Crippen LogP) is 4.39. The van der Waals surface area contributed by atoms with Crippen LogP contribution in [0.5, 0.6) is 0 Å². The number of aliphatic imine (C=N–C) groups is 1. The van der Waals surface area contributed by atoms with Gasteiger partial charge in [-0.3, -0.25) is 4.99 Å². The van der Waals surface area contributed by atoms with Crippen LogP contribution in [0.2, 0.25) is 5.02 Å². The summed E-state index contributed by atoms with van der Waals surface area (Å²) in [5.41, 5.74) is 3.02. The lowest BCUT2D eigenvalue weighted by Gasteiger charge is -2.30. The fourth-order valence-corrected chi connectivity index (χ4v) is 3.58. The standard InChI is InChI=1S/C18H23ClN2O2/c1-18(2,3)23-17(22)21-8-4-5-16(21)15-10-13(19)9-12-11-20-7-6-14(12)15/h9-11,16H,4-8H2,1-3H3/t16-/m0/s1. The first-order valence-electron chi connectivity index (χ1n) is 8.17. The number of likely N-dealkylation sites (tertiary alicyclic amines) is 1. The van der Waals surface area contributed by atoms with Crippen LogP contribution in [0.1, 0.15) is 56.3 Å². The Labute approximate surface area is 142 Å². The number of halogens is 1. The van der Waals surface area contributed by atoms with Gasteiger partial charge in [0, 0.05) is 24.3 Å². The minimum Gasteiger partial charge on any atom is -0.444 e. The first-order valence-corrected chi connectivity index (χ1v) is 8.55. The number of hydrogen-bond donors (Lipinski definition) is 0. The van der Waals surface area contributed by atoms with E-state index in [4.69, 9.17) is 16.3 Å². The number of ether oxygens (including phenoxy) is 1. The highest BCUT2D eigenvalue weighted by molar-refractivity contribution is 6.31. The van der Waals surface area contributed by atoms with Gasteiger partial charge in [-0.15, -0.1) is 0 Å². The Balaban J connectivity index is 1.93. The van der Waals surface area contributed by atoms with Crippen molar-refractivity contribution in [3.8, 4) is 0 Å². The van der Waals surface area contributed by atoms with Crippen molar-refractivity contribution >= 4 is 23.9 Å². The summed E-state index contributed by atoms with van der Waals surface area (Å²) in [6.45, 7) is 7.21. The second kappa shape index (κ2) is 6.16. The SMILES string of the molecule is CC(C)(C)OC(=O)N1CCC[C@H]1c1cc(Cl)cc2c1CCN=C2. The number of hydrogen-bond acceptors (Lipinski definition) is 3. The van der Waals surface area contributed by atoms with E-state index in [2.05, 4.69) is 4.99 Å². The maximum absolute atomic E-state index is 12.5. The van der Waals surface area contributed by atoms with E-state index >= 15 is 0 Å².